The van der Waals surface area contributed by atoms with Gasteiger partial charge in [0.1, 0.15) is 18.8 Å². The van der Waals surface area contributed by atoms with Crippen LogP contribution in [0.4, 0.5) is 19.2 Å². The van der Waals surface area contributed by atoms with Gasteiger partial charge in [-0.25, -0.2) is 38.6 Å². The number of esters is 1. The molecule has 14 nitrogen and oxygen atoms in total. The van der Waals surface area contributed by atoms with Crippen LogP contribution in [0.15, 0.2) is 60.7 Å². The zero-order chi connectivity index (χ0) is 30.9. The van der Waals surface area contributed by atoms with Gasteiger partial charge >= 0.3 is 36.2 Å². The lowest BCUT2D eigenvalue weighted by molar-refractivity contribution is -0.158. The molecule has 2 aliphatic rings. The van der Waals surface area contributed by atoms with Crippen LogP contribution >= 0.6 is 0 Å². The van der Waals surface area contributed by atoms with Crippen LogP contribution in [0.1, 0.15) is 31.9 Å². The molecule has 224 valence electrons. The number of hydrogen-bond donors (Lipinski definition) is 3. The van der Waals surface area contributed by atoms with Gasteiger partial charge in [-0.2, -0.15) is 0 Å². The van der Waals surface area contributed by atoms with Crippen molar-refractivity contribution in [3.8, 4) is 0 Å². The first-order valence-corrected chi connectivity index (χ1v) is 12.9. The molecule has 0 saturated carbocycles. The number of carbonyl (C=O) groups excluding carboxylic acids is 5. The highest BCUT2D eigenvalue weighted by atomic mass is 16.6. The lowest BCUT2D eigenvalue weighted by Gasteiger charge is -2.25. The number of imide groups is 2. The normalized spacial score (nSPS) is 17.8. The summed E-state index contributed by atoms with van der Waals surface area (Å²) in [5.41, 5.74) is 0.833. The molecule has 2 fully saturated rings. The molecule has 2 saturated heterocycles. The predicted octanol–water partition coefficient (Wildman–Crippen LogP) is 2.86. The molecular formula is C28H32N4O10. The molecular weight excluding hydrogens is 552 g/mol. The third-order valence-corrected chi connectivity index (χ3v) is 5.72. The summed E-state index contributed by atoms with van der Waals surface area (Å²) < 4.78 is 15.3. The molecule has 0 radical (unpaired) electrons. The quantitative estimate of drug-likeness (QED) is 0.337. The molecule has 6 amide bonds. The third-order valence-electron chi connectivity index (χ3n) is 5.72. The number of nitrogens with zero attached hydrogens (tertiary/aromatic N) is 2. The molecule has 2 aromatic carbocycles. The van der Waals surface area contributed by atoms with Gasteiger partial charge in [0.15, 0.2) is 12.1 Å². The number of aliphatic carboxylic acids is 1. The van der Waals surface area contributed by atoms with E-state index in [1.807, 2.05) is 24.3 Å². The second-order valence-corrected chi connectivity index (χ2v) is 10.1. The number of benzene rings is 2. The van der Waals surface area contributed by atoms with E-state index < -0.39 is 53.9 Å². The van der Waals surface area contributed by atoms with E-state index in [0.29, 0.717) is 4.90 Å². The van der Waals surface area contributed by atoms with E-state index in [9.17, 15) is 28.8 Å². The number of hydrogen-bond acceptors (Lipinski definition) is 9. The van der Waals surface area contributed by atoms with Gasteiger partial charge in [0.05, 0.1) is 13.1 Å². The number of nitrogens with one attached hydrogen (secondary N) is 2. The minimum Gasteiger partial charge on any atom is -0.480 e. The maximum absolute atomic E-state index is 12.1. The van der Waals surface area contributed by atoms with E-state index in [0.717, 1.165) is 16.0 Å². The molecule has 2 heterocycles. The molecule has 2 aliphatic heterocycles. The van der Waals surface area contributed by atoms with Crippen molar-refractivity contribution in [3.63, 3.8) is 0 Å². The van der Waals surface area contributed by atoms with Crippen LogP contribution in [-0.4, -0.2) is 81.9 Å². The highest BCUT2D eigenvalue weighted by Crippen LogP contribution is 2.16. The van der Waals surface area contributed by atoms with Crippen molar-refractivity contribution >= 4 is 36.2 Å². The zero-order valence-corrected chi connectivity index (χ0v) is 23.3. The monoisotopic (exact) mass is 584 g/mol. The van der Waals surface area contributed by atoms with Gasteiger partial charge in [0, 0.05) is 0 Å². The molecule has 4 rings (SSSR count). The van der Waals surface area contributed by atoms with E-state index in [-0.39, 0.29) is 26.3 Å². The molecule has 2 aromatic rings. The lowest BCUT2D eigenvalue weighted by atomic mass is 10.2. The molecule has 0 bridgehead atoms. The van der Waals surface area contributed by atoms with Crippen LogP contribution in [0, 0.1) is 0 Å². The van der Waals surface area contributed by atoms with Crippen LogP contribution in [0.25, 0.3) is 0 Å². The van der Waals surface area contributed by atoms with Gasteiger partial charge < -0.3 is 30.0 Å². The van der Waals surface area contributed by atoms with Gasteiger partial charge in [-0.05, 0) is 31.9 Å². The average Bonchev–Trinajstić information content (AvgIpc) is 3.53. The van der Waals surface area contributed by atoms with Crippen LogP contribution in [-0.2, 0) is 37.0 Å². The van der Waals surface area contributed by atoms with Gasteiger partial charge in [0.25, 0.3) is 0 Å². The van der Waals surface area contributed by atoms with Crippen molar-refractivity contribution < 1.29 is 48.1 Å². The van der Waals surface area contributed by atoms with E-state index in [1.54, 1.807) is 57.2 Å². The predicted molar refractivity (Wildman–Crippen MR) is 145 cm³/mol. The number of carboxylic acid groups (broad SMARTS) is 1. The topological polar surface area (TPSA) is 181 Å². The molecule has 3 N–H and O–H groups in total. The molecule has 14 heteroatoms. The SMILES string of the molecule is CC(C)(C)OC(=O)[C@H]1CNC(=O)N1C(=O)OCc1ccccc1.O=C(O)[C@H]1CNC(=O)N1C(=O)OCc1ccccc1. The first-order valence-electron chi connectivity index (χ1n) is 12.9. The van der Waals surface area contributed by atoms with Gasteiger partial charge in [-0.1, -0.05) is 60.7 Å². The summed E-state index contributed by atoms with van der Waals surface area (Å²) in [6.45, 7) is 5.04. The van der Waals surface area contributed by atoms with Crippen LogP contribution < -0.4 is 10.6 Å². The van der Waals surface area contributed by atoms with Crippen LogP contribution in [0.2, 0.25) is 0 Å². The Bertz CT molecular complexity index is 1300. The summed E-state index contributed by atoms with van der Waals surface area (Å²) in [6, 6.07) is 14.3. The van der Waals surface area contributed by atoms with Crippen LogP contribution in [0.3, 0.4) is 0 Å². The highest BCUT2D eigenvalue weighted by Gasteiger charge is 2.44. The van der Waals surface area contributed by atoms with E-state index in [2.05, 4.69) is 10.6 Å². The smallest absolute Gasteiger partial charge is 0.419 e. The molecule has 0 unspecified atom stereocenters. The number of carboxylic acids is 1. The zero-order valence-electron chi connectivity index (χ0n) is 23.3. The molecule has 42 heavy (non-hydrogen) atoms. The second-order valence-electron chi connectivity index (χ2n) is 10.1. The van der Waals surface area contributed by atoms with E-state index in [4.69, 9.17) is 19.3 Å². The lowest BCUT2D eigenvalue weighted by Crippen LogP contribution is -2.46. The summed E-state index contributed by atoms with van der Waals surface area (Å²) in [5, 5.41) is 13.6. The maximum Gasteiger partial charge on any atom is 0.419 e. The first kappa shape index (κ1) is 31.4. The summed E-state index contributed by atoms with van der Waals surface area (Å²) in [4.78, 5) is 71.4. The Labute approximate surface area is 241 Å². The Kier molecular flexibility index (Phi) is 10.4. The summed E-state index contributed by atoms with van der Waals surface area (Å²) in [6.07, 6.45) is -1.84. The molecule has 0 aliphatic carbocycles. The van der Waals surface area contributed by atoms with Crippen molar-refractivity contribution in [1.29, 1.82) is 0 Å². The number of ether oxygens (including phenoxy) is 3. The summed E-state index contributed by atoms with van der Waals surface area (Å²) in [5.74, 6) is -1.90. The maximum atomic E-state index is 12.1. The molecule has 0 spiro atoms. The number of amides is 6. The first-order chi connectivity index (χ1) is 19.9. The standard InChI is InChI=1S/C16H20N2O5.C12H12N2O5/c1-16(2,3)23-13(19)12-9-17-14(20)18(12)15(21)22-10-11-7-5-4-6-8-11;15-10(16)9-6-13-11(17)14(9)12(18)19-7-8-4-2-1-3-5-8/h4-8,12H,9-10H2,1-3H3,(H,17,20);1-5,9H,6-7H2,(H,13,17)(H,15,16)/t12-;9-/m11/s1. The second kappa shape index (κ2) is 14.0. The third kappa shape index (κ3) is 8.68. The molecule has 0 aromatic heterocycles. The minimum atomic E-state index is -1.25. The van der Waals surface area contributed by atoms with Crippen molar-refractivity contribution in [2.75, 3.05) is 13.1 Å². The Hall–Kier alpha value is -5.14. The number of urea groups is 2. The average molecular weight is 585 g/mol. The van der Waals surface area contributed by atoms with Crippen LogP contribution in [0.5, 0.6) is 0 Å². The van der Waals surface area contributed by atoms with E-state index >= 15 is 0 Å². The highest BCUT2D eigenvalue weighted by molar-refractivity contribution is 5.99. The molecule has 2 atom stereocenters. The van der Waals surface area contributed by atoms with Gasteiger partial charge in [-0.15, -0.1) is 0 Å². The summed E-state index contributed by atoms with van der Waals surface area (Å²) in [7, 11) is 0. The Morgan fingerprint density at radius 3 is 1.57 bits per heavy atom. The Balaban J connectivity index is 0.000000235. The van der Waals surface area contributed by atoms with E-state index in [1.165, 1.54) is 0 Å². The number of rotatable bonds is 6. The summed E-state index contributed by atoms with van der Waals surface area (Å²) >= 11 is 0. The van der Waals surface area contributed by atoms with Gasteiger partial charge in [-0.3, -0.25) is 0 Å². The minimum absolute atomic E-state index is 0.00812. The van der Waals surface area contributed by atoms with Crippen molar-refractivity contribution in [2.24, 2.45) is 0 Å². The Morgan fingerprint density at radius 2 is 1.17 bits per heavy atom. The van der Waals surface area contributed by atoms with Gasteiger partial charge in [0.2, 0.25) is 0 Å². The van der Waals surface area contributed by atoms with Crippen molar-refractivity contribution in [2.45, 2.75) is 51.7 Å². The largest absolute Gasteiger partial charge is 0.480 e. The van der Waals surface area contributed by atoms with Crippen molar-refractivity contribution in [1.82, 2.24) is 20.4 Å². The fourth-order valence-electron chi connectivity index (χ4n) is 3.76. The fraction of sp³-hybridized carbons (Fsp3) is 0.357. The number of carbonyl (C=O) groups is 6. The fourth-order valence-corrected chi connectivity index (χ4v) is 3.76. The Morgan fingerprint density at radius 1 is 0.762 bits per heavy atom. The van der Waals surface area contributed by atoms with Crippen molar-refractivity contribution in [3.05, 3.63) is 71.8 Å².